The maximum absolute atomic E-state index is 6.34. The molecule has 2 bridgehead atoms. The molecule has 1 heterocycles. The Balaban J connectivity index is 0.00000144. The third-order valence-electron chi connectivity index (χ3n) is 5.00. The number of fused-ring (bicyclic) bond motifs is 3. The molecular formula is C18H21Cl2NS. The first-order valence-electron chi connectivity index (χ1n) is 7.68. The predicted molar refractivity (Wildman–Crippen MR) is 100 cm³/mol. The summed E-state index contributed by atoms with van der Waals surface area (Å²) in [5.41, 5.74) is 4.72. The monoisotopic (exact) mass is 353 g/mol. The van der Waals surface area contributed by atoms with E-state index in [0.717, 1.165) is 23.4 Å². The lowest BCUT2D eigenvalue weighted by atomic mass is 9.86. The minimum absolute atomic E-state index is 0. The Bertz CT molecular complexity index is 732. The molecule has 1 saturated carbocycles. The average molecular weight is 354 g/mol. The molecule has 0 radical (unpaired) electrons. The summed E-state index contributed by atoms with van der Waals surface area (Å²) in [6.07, 6.45) is 4.12. The van der Waals surface area contributed by atoms with Gasteiger partial charge in [0.2, 0.25) is 0 Å². The Morgan fingerprint density at radius 1 is 1.23 bits per heavy atom. The van der Waals surface area contributed by atoms with E-state index in [1.807, 2.05) is 5.38 Å². The van der Waals surface area contributed by atoms with Crippen molar-refractivity contribution in [2.45, 2.75) is 19.3 Å². The van der Waals surface area contributed by atoms with Gasteiger partial charge in [-0.3, -0.25) is 0 Å². The van der Waals surface area contributed by atoms with Gasteiger partial charge in [0.25, 0.3) is 0 Å². The normalized spacial score (nSPS) is 23.6. The number of halogens is 2. The Morgan fingerprint density at radius 2 is 2.00 bits per heavy atom. The molecule has 1 aromatic heterocycles. The Morgan fingerprint density at radius 3 is 2.77 bits per heavy atom. The van der Waals surface area contributed by atoms with Gasteiger partial charge in [-0.05, 0) is 74.0 Å². The van der Waals surface area contributed by atoms with Gasteiger partial charge in [-0.15, -0.1) is 23.7 Å². The predicted octanol–water partition coefficient (Wildman–Crippen LogP) is 5.72. The zero-order chi connectivity index (χ0) is 14.6. The van der Waals surface area contributed by atoms with E-state index >= 15 is 0 Å². The van der Waals surface area contributed by atoms with Crippen LogP contribution in [0.2, 0.25) is 5.02 Å². The molecule has 0 aliphatic heterocycles. The molecule has 2 aromatic rings. The average Bonchev–Trinajstić information content (AvgIpc) is 3.13. The summed E-state index contributed by atoms with van der Waals surface area (Å²) in [6, 6.07) is 6.87. The molecule has 118 valence electrons. The van der Waals surface area contributed by atoms with Gasteiger partial charge in [0.05, 0.1) is 5.02 Å². The van der Waals surface area contributed by atoms with E-state index in [2.05, 4.69) is 37.2 Å². The van der Waals surface area contributed by atoms with E-state index in [4.69, 9.17) is 11.6 Å². The SMILES string of the molecule is CN(C)CC1=C(c2ccc3scc(Cl)c3c2)C2CCC1C2.Cl. The maximum atomic E-state index is 6.34. The zero-order valence-electron chi connectivity index (χ0n) is 12.9. The molecule has 2 atom stereocenters. The zero-order valence-corrected chi connectivity index (χ0v) is 15.3. The van der Waals surface area contributed by atoms with Crippen LogP contribution >= 0.6 is 35.3 Å². The summed E-state index contributed by atoms with van der Waals surface area (Å²) in [4.78, 5) is 2.31. The van der Waals surface area contributed by atoms with Crippen molar-refractivity contribution < 1.29 is 0 Å². The van der Waals surface area contributed by atoms with Gasteiger partial charge in [-0.2, -0.15) is 0 Å². The largest absolute Gasteiger partial charge is 0.305 e. The highest BCUT2D eigenvalue weighted by Gasteiger charge is 2.39. The lowest BCUT2D eigenvalue weighted by molar-refractivity contribution is 0.423. The van der Waals surface area contributed by atoms with Crippen LogP contribution in [0, 0.1) is 11.8 Å². The molecule has 0 saturated heterocycles. The van der Waals surface area contributed by atoms with Crippen molar-refractivity contribution in [3.8, 4) is 0 Å². The van der Waals surface area contributed by atoms with Crippen LogP contribution in [0.1, 0.15) is 24.8 Å². The fourth-order valence-corrected chi connectivity index (χ4v) is 5.33. The molecule has 1 aromatic carbocycles. The number of hydrogen-bond donors (Lipinski definition) is 0. The van der Waals surface area contributed by atoms with Gasteiger partial charge < -0.3 is 4.90 Å². The van der Waals surface area contributed by atoms with E-state index < -0.39 is 0 Å². The number of allylic oxidation sites excluding steroid dienone is 1. The first kappa shape index (κ1) is 16.3. The summed E-state index contributed by atoms with van der Waals surface area (Å²) < 4.78 is 1.29. The third-order valence-corrected chi connectivity index (χ3v) is 6.41. The molecule has 1 nitrogen and oxygen atoms in total. The molecule has 22 heavy (non-hydrogen) atoms. The van der Waals surface area contributed by atoms with Crippen molar-refractivity contribution in [2.75, 3.05) is 20.6 Å². The fraction of sp³-hybridized carbons (Fsp3) is 0.444. The van der Waals surface area contributed by atoms with Crippen LogP contribution < -0.4 is 0 Å². The molecule has 2 aliphatic rings. The topological polar surface area (TPSA) is 3.24 Å². The second-order valence-corrected chi connectivity index (χ2v) is 8.00. The van der Waals surface area contributed by atoms with E-state index in [0.29, 0.717) is 0 Å². The molecule has 0 N–H and O–H groups in total. The fourth-order valence-electron chi connectivity index (χ4n) is 4.18. The van der Waals surface area contributed by atoms with Crippen LogP contribution in [0.4, 0.5) is 0 Å². The van der Waals surface area contributed by atoms with Crippen molar-refractivity contribution in [2.24, 2.45) is 11.8 Å². The third kappa shape index (κ3) is 2.60. The van der Waals surface area contributed by atoms with Gasteiger partial charge in [0, 0.05) is 22.0 Å². The quantitative estimate of drug-likeness (QED) is 0.681. The number of rotatable bonds is 3. The Kier molecular flexibility index (Phi) is 4.57. The highest BCUT2D eigenvalue weighted by Crippen LogP contribution is 2.53. The number of thiophene rings is 1. The van der Waals surface area contributed by atoms with Crippen LogP contribution in [-0.2, 0) is 0 Å². The summed E-state index contributed by atoms with van der Waals surface area (Å²) in [7, 11) is 4.35. The van der Waals surface area contributed by atoms with Crippen molar-refractivity contribution in [3.63, 3.8) is 0 Å². The lowest BCUT2D eigenvalue weighted by Gasteiger charge is -2.23. The molecule has 4 rings (SSSR count). The van der Waals surface area contributed by atoms with E-state index in [1.54, 1.807) is 22.5 Å². The molecular weight excluding hydrogens is 333 g/mol. The van der Waals surface area contributed by atoms with Crippen molar-refractivity contribution in [1.29, 1.82) is 0 Å². The molecule has 1 fully saturated rings. The number of hydrogen-bond acceptors (Lipinski definition) is 2. The molecule has 2 unspecified atom stereocenters. The first-order valence-corrected chi connectivity index (χ1v) is 8.94. The lowest BCUT2D eigenvalue weighted by Crippen LogP contribution is -2.19. The van der Waals surface area contributed by atoms with Crippen LogP contribution in [0.5, 0.6) is 0 Å². The number of likely N-dealkylation sites (N-methyl/N-ethyl adjacent to an activating group) is 1. The Hall–Kier alpha value is -0.540. The van der Waals surface area contributed by atoms with Gasteiger partial charge in [0.15, 0.2) is 0 Å². The highest BCUT2D eigenvalue weighted by molar-refractivity contribution is 7.17. The maximum Gasteiger partial charge on any atom is 0.0591 e. The summed E-state index contributed by atoms with van der Waals surface area (Å²) >= 11 is 8.07. The van der Waals surface area contributed by atoms with E-state index in [9.17, 15) is 0 Å². The molecule has 4 heteroatoms. The summed E-state index contributed by atoms with van der Waals surface area (Å²) in [5.74, 6) is 1.60. The van der Waals surface area contributed by atoms with Crippen LogP contribution in [0.25, 0.3) is 15.7 Å². The molecule has 0 amide bonds. The minimum Gasteiger partial charge on any atom is -0.305 e. The molecule has 2 aliphatic carbocycles. The second-order valence-electron chi connectivity index (χ2n) is 6.68. The van der Waals surface area contributed by atoms with Crippen LogP contribution in [-0.4, -0.2) is 25.5 Å². The summed E-state index contributed by atoms with van der Waals surface area (Å²) in [6.45, 7) is 1.10. The highest BCUT2D eigenvalue weighted by atomic mass is 35.5. The van der Waals surface area contributed by atoms with Crippen LogP contribution in [0.3, 0.4) is 0 Å². The van der Waals surface area contributed by atoms with E-state index in [1.165, 1.54) is 34.9 Å². The van der Waals surface area contributed by atoms with Gasteiger partial charge in [0.1, 0.15) is 0 Å². The van der Waals surface area contributed by atoms with Crippen molar-refractivity contribution in [3.05, 3.63) is 39.7 Å². The van der Waals surface area contributed by atoms with Gasteiger partial charge in [-0.1, -0.05) is 17.7 Å². The van der Waals surface area contributed by atoms with Crippen LogP contribution in [0.15, 0.2) is 29.2 Å². The minimum atomic E-state index is 0. The second kappa shape index (κ2) is 6.16. The smallest absolute Gasteiger partial charge is 0.0591 e. The standard InChI is InChI=1S/C18H20ClNS.ClH/c1-20(2)9-15-11-3-4-12(7-11)18(15)13-5-6-17-14(8-13)16(19)10-21-17;/h5-6,8,10-12H,3-4,7,9H2,1-2H3;1H. The first-order chi connectivity index (χ1) is 10.1. The number of nitrogens with zero attached hydrogens (tertiary/aromatic N) is 1. The van der Waals surface area contributed by atoms with Gasteiger partial charge in [-0.25, -0.2) is 0 Å². The Labute approximate surface area is 147 Å². The van der Waals surface area contributed by atoms with E-state index in [-0.39, 0.29) is 12.4 Å². The number of benzene rings is 1. The van der Waals surface area contributed by atoms with Crippen molar-refractivity contribution >= 4 is 51.0 Å². The van der Waals surface area contributed by atoms with Gasteiger partial charge >= 0.3 is 0 Å². The summed E-state index contributed by atoms with van der Waals surface area (Å²) in [5, 5.41) is 4.17. The molecule has 0 spiro atoms. The van der Waals surface area contributed by atoms with Crippen molar-refractivity contribution in [1.82, 2.24) is 4.90 Å².